The molecule has 0 fully saturated rings. The number of nitro benzene ring substituents is 1. The number of rotatable bonds is 7. The third-order valence-corrected chi connectivity index (χ3v) is 3.52. The Labute approximate surface area is 146 Å². The Morgan fingerprint density at radius 3 is 2.72 bits per heavy atom. The number of para-hydroxylation sites is 1. The first-order valence-electron chi connectivity index (χ1n) is 8.01. The number of ether oxygens (including phenoxy) is 1. The summed E-state index contributed by atoms with van der Waals surface area (Å²) in [6.07, 6.45) is 0. The summed E-state index contributed by atoms with van der Waals surface area (Å²) in [7, 11) is 1.64. The van der Waals surface area contributed by atoms with Crippen molar-refractivity contribution >= 4 is 11.6 Å². The van der Waals surface area contributed by atoms with Gasteiger partial charge in [0, 0.05) is 30.8 Å². The van der Waals surface area contributed by atoms with E-state index < -0.39 is 4.92 Å². The van der Waals surface area contributed by atoms with E-state index in [0.29, 0.717) is 25.6 Å². The summed E-state index contributed by atoms with van der Waals surface area (Å²) in [5.41, 5.74) is 1.87. The minimum atomic E-state index is -0.404. The highest BCUT2D eigenvalue weighted by Gasteiger charge is 2.06. The van der Waals surface area contributed by atoms with E-state index >= 15 is 0 Å². The van der Waals surface area contributed by atoms with Crippen LogP contribution in [0.1, 0.15) is 18.1 Å². The average molecular weight is 342 g/mol. The average Bonchev–Trinajstić information content (AvgIpc) is 2.64. The molecule has 0 saturated heterocycles. The van der Waals surface area contributed by atoms with Crippen LogP contribution in [0.3, 0.4) is 0 Å². The van der Waals surface area contributed by atoms with Crippen LogP contribution in [-0.4, -0.2) is 24.5 Å². The van der Waals surface area contributed by atoms with Gasteiger partial charge in [-0.1, -0.05) is 30.3 Å². The standard InChI is InChI=1S/C18H22N4O3/c1-3-19-18(21-13-15-8-4-5-10-17(15)25-2)20-12-14-7-6-9-16(11-14)22(23)24/h4-11H,3,12-13H2,1-2H3,(H2,19,20,21). The van der Waals surface area contributed by atoms with Crippen molar-refractivity contribution in [1.29, 1.82) is 0 Å². The Morgan fingerprint density at radius 2 is 2.00 bits per heavy atom. The van der Waals surface area contributed by atoms with Crippen LogP contribution in [0.15, 0.2) is 53.5 Å². The highest BCUT2D eigenvalue weighted by molar-refractivity contribution is 5.79. The van der Waals surface area contributed by atoms with Crippen molar-refractivity contribution < 1.29 is 9.66 Å². The minimum Gasteiger partial charge on any atom is -0.496 e. The van der Waals surface area contributed by atoms with Gasteiger partial charge in [-0.15, -0.1) is 0 Å². The van der Waals surface area contributed by atoms with E-state index in [2.05, 4.69) is 15.6 Å². The van der Waals surface area contributed by atoms with Crippen LogP contribution in [0.4, 0.5) is 5.69 Å². The van der Waals surface area contributed by atoms with E-state index in [0.717, 1.165) is 16.9 Å². The Kier molecular flexibility index (Phi) is 6.76. The molecule has 132 valence electrons. The number of benzene rings is 2. The fraction of sp³-hybridized carbons (Fsp3) is 0.278. The first-order chi connectivity index (χ1) is 12.1. The zero-order chi connectivity index (χ0) is 18.1. The number of aliphatic imine (C=N–C) groups is 1. The summed E-state index contributed by atoms with van der Waals surface area (Å²) in [6.45, 7) is 3.61. The van der Waals surface area contributed by atoms with Crippen LogP contribution < -0.4 is 15.4 Å². The molecule has 0 radical (unpaired) electrons. The van der Waals surface area contributed by atoms with Gasteiger partial charge in [-0.25, -0.2) is 4.99 Å². The summed E-state index contributed by atoms with van der Waals surface area (Å²) in [5.74, 6) is 1.45. The van der Waals surface area contributed by atoms with E-state index in [-0.39, 0.29) is 5.69 Å². The van der Waals surface area contributed by atoms with Gasteiger partial charge in [-0.2, -0.15) is 0 Å². The zero-order valence-electron chi connectivity index (χ0n) is 14.4. The van der Waals surface area contributed by atoms with Crippen molar-refractivity contribution in [3.63, 3.8) is 0 Å². The molecule has 0 aromatic heterocycles. The van der Waals surface area contributed by atoms with E-state index in [1.165, 1.54) is 12.1 Å². The van der Waals surface area contributed by atoms with Gasteiger partial charge in [0.2, 0.25) is 0 Å². The largest absolute Gasteiger partial charge is 0.496 e. The minimum absolute atomic E-state index is 0.0691. The van der Waals surface area contributed by atoms with Crippen LogP contribution in [0, 0.1) is 10.1 Å². The lowest BCUT2D eigenvalue weighted by Gasteiger charge is -2.13. The molecule has 0 bridgehead atoms. The molecule has 7 heteroatoms. The Balaban J connectivity index is 2.05. The molecule has 0 heterocycles. The Bertz CT molecular complexity index is 747. The van der Waals surface area contributed by atoms with E-state index in [1.807, 2.05) is 37.3 Å². The van der Waals surface area contributed by atoms with Crippen LogP contribution in [0.5, 0.6) is 5.75 Å². The molecule has 0 saturated carbocycles. The molecule has 25 heavy (non-hydrogen) atoms. The SMILES string of the molecule is CCNC(=NCc1cccc([N+](=O)[O-])c1)NCc1ccccc1OC. The fourth-order valence-electron chi connectivity index (χ4n) is 2.31. The smallest absolute Gasteiger partial charge is 0.269 e. The number of nitrogens with one attached hydrogen (secondary N) is 2. The van der Waals surface area contributed by atoms with Crippen molar-refractivity contribution in [3.05, 3.63) is 69.8 Å². The molecule has 0 spiro atoms. The maximum absolute atomic E-state index is 10.8. The van der Waals surface area contributed by atoms with Crippen molar-refractivity contribution in [2.45, 2.75) is 20.0 Å². The second-order valence-electron chi connectivity index (χ2n) is 5.29. The number of guanidine groups is 1. The maximum atomic E-state index is 10.8. The molecular weight excluding hydrogens is 320 g/mol. The third kappa shape index (κ3) is 5.49. The normalized spacial score (nSPS) is 11.0. The predicted octanol–water partition coefficient (Wildman–Crippen LogP) is 2.86. The summed E-state index contributed by atoms with van der Waals surface area (Å²) < 4.78 is 5.34. The van der Waals surface area contributed by atoms with E-state index in [1.54, 1.807) is 13.2 Å². The van der Waals surface area contributed by atoms with Gasteiger partial charge in [-0.05, 0) is 18.6 Å². The van der Waals surface area contributed by atoms with Gasteiger partial charge in [-0.3, -0.25) is 10.1 Å². The van der Waals surface area contributed by atoms with Crippen molar-refractivity contribution in [3.8, 4) is 5.75 Å². The van der Waals surface area contributed by atoms with Gasteiger partial charge in [0.25, 0.3) is 5.69 Å². The van der Waals surface area contributed by atoms with Crippen molar-refractivity contribution in [2.75, 3.05) is 13.7 Å². The summed E-state index contributed by atoms with van der Waals surface area (Å²) in [6, 6.07) is 14.3. The number of non-ortho nitro benzene ring substituents is 1. The Hall–Kier alpha value is -3.09. The number of nitro groups is 1. The summed E-state index contributed by atoms with van der Waals surface area (Å²) >= 11 is 0. The van der Waals surface area contributed by atoms with E-state index in [9.17, 15) is 10.1 Å². The molecule has 2 aromatic carbocycles. The molecule has 2 N–H and O–H groups in total. The topological polar surface area (TPSA) is 88.8 Å². The predicted molar refractivity (Wildman–Crippen MR) is 97.7 cm³/mol. The van der Waals surface area contributed by atoms with Crippen molar-refractivity contribution in [2.24, 2.45) is 4.99 Å². The van der Waals surface area contributed by atoms with E-state index in [4.69, 9.17) is 4.74 Å². The van der Waals surface area contributed by atoms with Crippen molar-refractivity contribution in [1.82, 2.24) is 10.6 Å². The van der Waals surface area contributed by atoms with Gasteiger partial charge < -0.3 is 15.4 Å². The summed E-state index contributed by atoms with van der Waals surface area (Å²) in [4.78, 5) is 14.9. The second kappa shape index (κ2) is 9.27. The Morgan fingerprint density at radius 1 is 1.20 bits per heavy atom. The van der Waals surface area contributed by atoms with Crippen LogP contribution >= 0.6 is 0 Å². The van der Waals surface area contributed by atoms with Crippen LogP contribution in [-0.2, 0) is 13.1 Å². The molecule has 0 atom stereocenters. The number of hydrogen-bond acceptors (Lipinski definition) is 4. The number of nitrogens with zero attached hydrogens (tertiary/aromatic N) is 2. The third-order valence-electron chi connectivity index (χ3n) is 3.52. The molecule has 0 aliphatic rings. The lowest BCUT2D eigenvalue weighted by molar-refractivity contribution is -0.384. The molecule has 0 aliphatic carbocycles. The maximum Gasteiger partial charge on any atom is 0.269 e. The monoisotopic (exact) mass is 342 g/mol. The van der Waals surface area contributed by atoms with Gasteiger partial charge >= 0.3 is 0 Å². The van der Waals surface area contributed by atoms with Crippen LogP contribution in [0.25, 0.3) is 0 Å². The summed E-state index contributed by atoms with van der Waals surface area (Å²) in [5, 5.41) is 17.3. The van der Waals surface area contributed by atoms with Gasteiger partial charge in [0.1, 0.15) is 5.75 Å². The molecule has 0 aliphatic heterocycles. The zero-order valence-corrected chi connectivity index (χ0v) is 14.4. The molecule has 2 rings (SSSR count). The molecule has 0 unspecified atom stereocenters. The van der Waals surface area contributed by atoms with Gasteiger partial charge in [0.05, 0.1) is 18.6 Å². The molecule has 2 aromatic rings. The number of methoxy groups -OCH3 is 1. The van der Waals surface area contributed by atoms with Crippen LogP contribution in [0.2, 0.25) is 0 Å². The highest BCUT2D eigenvalue weighted by Crippen LogP contribution is 2.17. The first-order valence-corrected chi connectivity index (χ1v) is 8.01. The second-order valence-corrected chi connectivity index (χ2v) is 5.29. The lowest BCUT2D eigenvalue weighted by atomic mass is 10.2. The molecule has 0 amide bonds. The quantitative estimate of drug-likeness (QED) is 0.349. The fourth-order valence-corrected chi connectivity index (χ4v) is 2.31. The highest BCUT2D eigenvalue weighted by atomic mass is 16.6. The van der Waals surface area contributed by atoms with Gasteiger partial charge in [0.15, 0.2) is 5.96 Å². The lowest BCUT2D eigenvalue weighted by Crippen LogP contribution is -2.36. The number of hydrogen-bond donors (Lipinski definition) is 2. The molecular formula is C18H22N4O3. The molecule has 7 nitrogen and oxygen atoms in total. The first kappa shape index (κ1) is 18.3.